The van der Waals surface area contributed by atoms with Gasteiger partial charge in [-0.1, -0.05) is 40.6 Å². The van der Waals surface area contributed by atoms with E-state index in [2.05, 4.69) is 21.2 Å². The molecule has 90 valence electrons. The van der Waals surface area contributed by atoms with Crippen LogP contribution in [0.4, 0.5) is 5.69 Å². The van der Waals surface area contributed by atoms with Crippen molar-refractivity contribution in [1.82, 2.24) is 0 Å². The minimum Gasteiger partial charge on any atom is -0.392 e. The quantitative estimate of drug-likeness (QED) is 0.844. The van der Waals surface area contributed by atoms with Gasteiger partial charge < -0.3 is 11.1 Å². The summed E-state index contributed by atoms with van der Waals surface area (Å²) in [6, 6.07) is 7.47. The molecule has 1 saturated carbocycles. The number of hydrogen-bond acceptors (Lipinski definition) is 2. The fourth-order valence-corrected chi connectivity index (χ4v) is 2.63. The molecule has 0 atom stereocenters. The number of carbonyl (C=O) groups excluding carboxylic acids is 1. The number of nitrogens with two attached hydrogens (primary N) is 1. The Hall–Kier alpha value is -0.940. The Morgan fingerprint density at radius 1 is 1.47 bits per heavy atom. The van der Waals surface area contributed by atoms with Crippen molar-refractivity contribution in [3.8, 4) is 0 Å². The third-order valence-electron chi connectivity index (χ3n) is 3.20. The molecule has 17 heavy (non-hydrogen) atoms. The van der Waals surface area contributed by atoms with E-state index in [1.807, 2.05) is 24.3 Å². The van der Waals surface area contributed by atoms with Crippen molar-refractivity contribution in [2.24, 2.45) is 11.1 Å². The average Bonchev–Trinajstić information content (AvgIpc) is 2.14. The Labute approximate surface area is 114 Å². The molecule has 2 rings (SSSR count). The van der Waals surface area contributed by atoms with Crippen LogP contribution < -0.4 is 11.1 Å². The van der Waals surface area contributed by atoms with Gasteiger partial charge in [-0.15, -0.1) is 0 Å². The average molecular weight is 313 g/mol. The van der Waals surface area contributed by atoms with Gasteiger partial charge in [-0.25, -0.2) is 0 Å². The summed E-state index contributed by atoms with van der Waals surface area (Å²) in [6.07, 6.45) is 2.51. The van der Waals surface area contributed by atoms with Crippen LogP contribution in [0.15, 0.2) is 28.7 Å². The minimum absolute atomic E-state index is 0.0886. The van der Waals surface area contributed by atoms with E-state index in [0.717, 1.165) is 29.4 Å². The summed E-state index contributed by atoms with van der Waals surface area (Å²) in [7, 11) is 0. The largest absolute Gasteiger partial charge is 0.392 e. The van der Waals surface area contributed by atoms with Gasteiger partial charge in [0.25, 0.3) is 0 Å². The molecular weight excluding hydrogens is 300 g/mol. The second kappa shape index (κ2) is 4.74. The van der Waals surface area contributed by atoms with Crippen molar-refractivity contribution in [1.29, 1.82) is 0 Å². The SMILES string of the molecule is NC(=S)C1(C(=O)Nc2cccc(Br)c2)CCC1. The summed E-state index contributed by atoms with van der Waals surface area (Å²) >= 11 is 8.37. The van der Waals surface area contributed by atoms with Gasteiger partial charge in [0.15, 0.2) is 0 Å². The molecule has 0 saturated heterocycles. The van der Waals surface area contributed by atoms with Crippen molar-refractivity contribution < 1.29 is 4.79 Å². The molecular formula is C12H13BrN2OS. The van der Waals surface area contributed by atoms with Gasteiger partial charge in [-0.2, -0.15) is 0 Å². The summed E-state index contributed by atoms with van der Waals surface area (Å²) in [4.78, 5) is 12.5. The Morgan fingerprint density at radius 2 is 2.18 bits per heavy atom. The lowest BCUT2D eigenvalue weighted by Gasteiger charge is -2.39. The van der Waals surface area contributed by atoms with E-state index in [9.17, 15) is 4.79 Å². The van der Waals surface area contributed by atoms with Crippen LogP contribution in [0.2, 0.25) is 0 Å². The molecule has 1 fully saturated rings. The first kappa shape index (κ1) is 12.5. The molecule has 1 aromatic carbocycles. The highest BCUT2D eigenvalue weighted by Gasteiger charge is 2.46. The third kappa shape index (κ3) is 2.35. The Bertz CT molecular complexity index is 471. The summed E-state index contributed by atoms with van der Waals surface area (Å²) < 4.78 is 0.924. The van der Waals surface area contributed by atoms with Crippen molar-refractivity contribution in [2.75, 3.05) is 5.32 Å². The number of thiocarbonyl (C=S) groups is 1. The third-order valence-corrected chi connectivity index (χ3v) is 4.08. The second-order valence-corrected chi connectivity index (χ2v) is 5.62. The van der Waals surface area contributed by atoms with Gasteiger partial charge >= 0.3 is 0 Å². The monoisotopic (exact) mass is 312 g/mol. The van der Waals surface area contributed by atoms with Crippen molar-refractivity contribution in [2.45, 2.75) is 19.3 Å². The zero-order valence-electron chi connectivity index (χ0n) is 9.20. The molecule has 3 nitrogen and oxygen atoms in total. The number of benzene rings is 1. The molecule has 0 aliphatic heterocycles. The lowest BCUT2D eigenvalue weighted by atomic mass is 9.68. The van der Waals surface area contributed by atoms with Gasteiger partial charge in [0, 0.05) is 10.2 Å². The maximum Gasteiger partial charge on any atom is 0.237 e. The zero-order chi connectivity index (χ0) is 12.5. The molecule has 1 amide bonds. The number of anilines is 1. The number of hydrogen-bond donors (Lipinski definition) is 2. The van der Waals surface area contributed by atoms with Crippen LogP contribution in [-0.2, 0) is 4.79 Å². The number of carbonyl (C=O) groups is 1. The maximum atomic E-state index is 12.2. The molecule has 0 bridgehead atoms. The second-order valence-electron chi connectivity index (χ2n) is 4.26. The fraction of sp³-hybridized carbons (Fsp3) is 0.333. The van der Waals surface area contributed by atoms with Crippen LogP contribution in [0.1, 0.15) is 19.3 Å². The first-order valence-electron chi connectivity index (χ1n) is 5.41. The van der Waals surface area contributed by atoms with E-state index in [0.29, 0.717) is 4.99 Å². The normalized spacial score (nSPS) is 17.0. The fourth-order valence-electron chi connectivity index (χ4n) is 1.93. The van der Waals surface area contributed by atoms with E-state index in [1.165, 1.54) is 0 Å². The Morgan fingerprint density at radius 3 is 2.65 bits per heavy atom. The maximum absolute atomic E-state index is 12.2. The molecule has 3 N–H and O–H groups in total. The van der Waals surface area contributed by atoms with Gasteiger partial charge in [0.2, 0.25) is 5.91 Å². The van der Waals surface area contributed by atoms with Gasteiger partial charge in [0.1, 0.15) is 0 Å². The van der Waals surface area contributed by atoms with Crippen LogP contribution >= 0.6 is 28.1 Å². The minimum atomic E-state index is -0.627. The molecule has 0 radical (unpaired) electrons. The van der Waals surface area contributed by atoms with E-state index in [1.54, 1.807) is 0 Å². The van der Waals surface area contributed by atoms with Crippen LogP contribution in [0, 0.1) is 5.41 Å². The van der Waals surface area contributed by atoms with Crippen LogP contribution in [0.5, 0.6) is 0 Å². The number of rotatable bonds is 3. The standard InChI is InChI=1S/C12H13BrN2OS/c13-8-3-1-4-9(7-8)15-11(16)12(10(14)17)5-2-6-12/h1,3-4,7H,2,5-6H2,(H2,14,17)(H,15,16). The zero-order valence-corrected chi connectivity index (χ0v) is 11.6. The predicted octanol–water partition coefficient (Wildman–Crippen LogP) is 2.84. The summed E-state index contributed by atoms with van der Waals surface area (Å²) in [5.41, 5.74) is 5.81. The van der Waals surface area contributed by atoms with Gasteiger partial charge in [-0.05, 0) is 31.0 Å². The highest BCUT2D eigenvalue weighted by molar-refractivity contribution is 9.10. The highest BCUT2D eigenvalue weighted by atomic mass is 79.9. The van der Waals surface area contributed by atoms with E-state index >= 15 is 0 Å². The van der Waals surface area contributed by atoms with Crippen molar-refractivity contribution >= 4 is 44.7 Å². The van der Waals surface area contributed by atoms with E-state index < -0.39 is 5.41 Å². The van der Waals surface area contributed by atoms with Crippen LogP contribution in [0.25, 0.3) is 0 Å². The number of nitrogens with one attached hydrogen (secondary N) is 1. The lowest BCUT2D eigenvalue weighted by Crippen LogP contribution is -2.50. The molecule has 1 aliphatic carbocycles. The van der Waals surface area contributed by atoms with E-state index in [4.69, 9.17) is 18.0 Å². The topological polar surface area (TPSA) is 55.1 Å². The van der Waals surface area contributed by atoms with Crippen LogP contribution in [0.3, 0.4) is 0 Å². The molecule has 0 spiro atoms. The summed E-state index contributed by atoms with van der Waals surface area (Å²) in [5.74, 6) is -0.0886. The number of halogens is 1. The van der Waals surface area contributed by atoms with E-state index in [-0.39, 0.29) is 5.91 Å². The first-order chi connectivity index (χ1) is 8.04. The number of amides is 1. The molecule has 0 unspecified atom stereocenters. The van der Waals surface area contributed by atoms with Gasteiger partial charge in [-0.3, -0.25) is 4.79 Å². The smallest absolute Gasteiger partial charge is 0.237 e. The van der Waals surface area contributed by atoms with Gasteiger partial charge in [0.05, 0.1) is 10.4 Å². The molecule has 5 heteroatoms. The van der Waals surface area contributed by atoms with Crippen LogP contribution in [-0.4, -0.2) is 10.9 Å². The first-order valence-corrected chi connectivity index (χ1v) is 6.62. The summed E-state index contributed by atoms with van der Waals surface area (Å²) in [5, 5.41) is 2.87. The molecule has 1 aliphatic rings. The lowest BCUT2D eigenvalue weighted by molar-refractivity contribution is -0.125. The predicted molar refractivity (Wildman–Crippen MR) is 75.8 cm³/mol. The summed E-state index contributed by atoms with van der Waals surface area (Å²) in [6.45, 7) is 0. The molecule has 0 aromatic heterocycles. The van der Waals surface area contributed by atoms with Crippen molar-refractivity contribution in [3.63, 3.8) is 0 Å². The molecule has 1 aromatic rings. The molecule has 0 heterocycles. The Kier molecular flexibility index (Phi) is 3.49. The Balaban J connectivity index is 2.14. The highest BCUT2D eigenvalue weighted by Crippen LogP contribution is 2.42. The van der Waals surface area contributed by atoms with Crippen molar-refractivity contribution in [3.05, 3.63) is 28.7 Å².